The van der Waals surface area contributed by atoms with E-state index in [-0.39, 0.29) is 36.4 Å². The fourth-order valence-corrected chi connectivity index (χ4v) is 6.97. The zero-order chi connectivity index (χ0) is 31.8. The number of nitrogens with one attached hydrogen (secondary N) is 1. The summed E-state index contributed by atoms with van der Waals surface area (Å²) in [7, 11) is -3.90. The SMILES string of the molecule is CCS(=O)(=O)N(CC(=O)N(Cc1ccc(Cl)cc1)C(Cc1ccccc1)C(=O)NC1CCCCC1)c1ccc2c(c1)OCCO2. The van der Waals surface area contributed by atoms with Crippen LogP contribution in [0.25, 0.3) is 0 Å². The van der Waals surface area contributed by atoms with E-state index >= 15 is 0 Å². The van der Waals surface area contributed by atoms with Crippen LogP contribution in [0.3, 0.4) is 0 Å². The average molecular weight is 654 g/mol. The van der Waals surface area contributed by atoms with E-state index in [0.29, 0.717) is 29.7 Å². The molecule has 1 aliphatic heterocycles. The zero-order valence-electron chi connectivity index (χ0n) is 25.5. The summed E-state index contributed by atoms with van der Waals surface area (Å²) in [4.78, 5) is 30.0. The zero-order valence-corrected chi connectivity index (χ0v) is 27.1. The fourth-order valence-electron chi connectivity index (χ4n) is 5.79. The smallest absolute Gasteiger partial charge is 0.244 e. The number of hydrogen-bond donors (Lipinski definition) is 1. The number of benzene rings is 3. The highest BCUT2D eigenvalue weighted by molar-refractivity contribution is 7.92. The monoisotopic (exact) mass is 653 g/mol. The van der Waals surface area contributed by atoms with E-state index in [1.807, 2.05) is 42.5 Å². The Morgan fingerprint density at radius 1 is 0.911 bits per heavy atom. The van der Waals surface area contributed by atoms with E-state index in [2.05, 4.69) is 5.32 Å². The van der Waals surface area contributed by atoms with Gasteiger partial charge in [0.05, 0.1) is 11.4 Å². The Kier molecular flexibility index (Phi) is 10.9. The normalized spacial score (nSPS) is 15.6. The summed E-state index contributed by atoms with van der Waals surface area (Å²) in [6, 6.07) is 20.6. The second kappa shape index (κ2) is 15.0. The van der Waals surface area contributed by atoms with E-state index < -0.39 is 28.5 Å². The molecule has 5 rings (SSSR count). The Morgan fingerprint density at radius 2 is 1.60 bits per heavy atom. The molecule has 3 aromatic carbocycles. The number of sulfonamides is 1. The van der Waals surface area contributed by atoms with Gasteiger partial charge in [-0.05, 0) is 55.2 Å². The largest absolute Gasteiger partial charge is 0.486 e. The van der Waals surface area contributed by atoms with Crippen LogP contribution in [-0.4, -0.2) is 62.7 Å². The van der Waals surface area contributed by atoms with Crippen LogP contribution >= 0.6 is 11.6 Å². The molecule has 3 aromatic rings. The van der Waals surface area contributed by atoms with Gasteiger partial charge in [0.2, 0.25) is 21.8 Å². The van der Waals surface area contributed by atoms with Gasteiger partial charge in [-0.2, -0.15) is 0 Å². The van der Waals surface area contributed by atoms with Crippen LogP contribution in [0, 0.1) is 0 Å². The molecule has 1 unspecified atom stereocenters. The molecule has 1 N–H and O–H groups in total. The van der Waals surface area contributed by atoms with Crippen LogP contribution in [-0.2, 0) is 32.6 Å². The van der Waals surface area contributed by atoms with Gasteiger partial charge in [0.15, 0.2) is 11.5 Å². The van der Waals surface area contributed by atoms with Crippen molar-refractivity contribution < 1.29 is 27.5 Å². The van der Waals surface area contributed by atoms with Gasteiger partial charge < -0.3 is 19.7 Å². The van der Waals surface area contributed by atoms with Gasteiger partial charge in [-0.3, -0.25) is 13.9 Å². The first-order chi connectivity index (χ1) is 21.7. The quantitative estimate of drug-likeness (QED) is 0.282. The number of ether oxygens (including phenoxy) is 2. The second-order valence-corrected chi connectivity index (χ2v) is 14.1. The Hall–Kier alpha value is -3.76. The van der Waals surface area contributed by atoms with Gasteiger partial charge in [0.1, 0.15) is 25.8 Å². The Balaban J connectivity index is 1.51. The highest BCUT2D eigenvalue weighted by Crippen LogP contribution is 2.35. The molecular weight excluding hydrogens is 614 g/mol. The maximum absolute atomic E-state index is 14.4. The number of carbonyl (C=O) groups excluding carboxylic acids is 2. The third-order valence-electron chi connectivity index (χ3n) is 8.28. The van der Waals surface area contributed by atoms with E-state index in [0.717, 1.165) is 47.5 Å². The summed E-state index contributed by atoms with van der Waals surface area (Å²) in [6.07, 6.45) is 5.27. The van der Waals surface area contributed by atoms with Crippen molar-refractivity contribution in [3.63, 3.8) is 0 Å². The number of hydrogen-bond acceptors (Lipinski definition) is 6. The molecule has 45 heavy (non-hydrogen) atoms. The Bertz CT molecular complexity index is 1560. The van der Waals surface area contributed by atoms with Gasteiger partial charge in [-0.25, -0.2) is 8.42 Å². The summed E-state index contributed by atoms with van der Waals surface area (Å²) in [5.41, 5.74) is 1.94. The topological polar surface area (TPSA) is 105 Å². The lowest BCUT2D eigenvalue weighted by Gasteiger charge is -2.35. The van der Waals surface area contributed by atoms with E-state index in [9.17, 15) is 18.0 Å². The molecule has 9 nitrogen and oxygen atoms in total. The van der Waals surface area contributed by atoms with Gasteiger partial charge in [-0.1, -0.05) is 73.3 Å². The third-order valence-corrected chi connectivity index (χ3v) is 10.3. The molecule has 2 aliphatic rings. The molecule has 11 heteroatoms. The van der Waals surface area contributed by atoms with Gasteiger partial charge in [-0.15, -0.1) is 0 Å². The predicted molar refractivity (Wildman–Crippen MR) is 175 cm³/mol. The summed E-state index contributed by atoms with van der Waals surface area (Å²) >= 11 is 6.16. The predicted octanol–water partition coefficient (Wildman–Crippen LogP) is 5.36. The third kappa shape index (κ3) is 8.49. The van der Waals surface area contributed by atoms with Crippen LogP contribution in [0.2, 0.25) is 5.02 Å². The molecule has 2 amide bonds. The molecule has 0 spiro atoms. The lowest BCUT2D eigenvalue weighted by Crippen LogP contribution is -2.55. The van der Waals surface area contributed by atoms with Gasteiger partial charge in [0, 0.05) is 30.1 Å². The summed E-state index contributed by atoms with van der Waals surface area (Å²) < 4.78 is 39.4. The summed E-state index contributed by atoms with van der Waals surface area (Å²) in [6.45, 7) is 1.86. The number of rotatable bonds is 12. The molecular formula is C34H40ClN3O6S. The second-order valence-electron chi connectivity index (χ2n) is 11.4. The van der Waals surface area contributed by atoms with Crippen molar-refractivity contribution in [1.29, 1.82) is 0 Å². The molecule has 1 heterocycles. The first kappa shape index (κ1) is 32.6. The maximum Gasteiger partial charge on any atom is 0.244 e. The van der Waals surface area contributed by atoms with Crippen LogP contribution < -0.4 is 19.1 Å². The summed E-state index contributed by atoms with van der Waals surface area (Å²) in [5.74, 6) is -0.0540. The van der Waals surface area contributed by atoms with Crippen molar-refractivity contribution in [1.82, 2.24) is 10.2 Å². The highest BCUT2D eigenvalue weighted by Gasteiger charge is 2.35. The number of amides is 2. The molecule has 0 radical (unpaired) electrons. The number of nitrogens with zero attached hydrogens (tertiary/aromatic N) is 2. The highest BCUT2D eigenvalue weighted by atomic mass is 35.5. The molecule has 240 valence electrons. The van der Waals surface area contributed by atoms with Crippen molar-refractivity contribution in [2.24, 2.45) is 0 Å². The Labute approximate surface area is 270 Å². The lowest BCUT2D eigenvalue weighted by atomic mass is 9.94. The van der Waals surface area contributed by atoms with Crippen LogP contribution in [0.5, 0.6) is 11.5 Å². The Morgan fingerprint density at radius 3 is 2.29 bits per heavy atom. The van der Waals surface area contributed by atoms with Gasteiger partial charge >= 0.3 is 0 Å². The van der Waals surface area contributed by atoms with Crippen molar-refractivity contribution in [2.45, 2.75) is 64.1 Å². The van der Waals surface area contributed by atoms with Crippen molar-refractivity contribution >= 4 is 39.1 Å². The molecule has 1 atom stereocenters. The number of fused-ring (bicyclic) bond motifs is 1. The van der Waals surface area contributed by atoms with Crippen molar-refractivity contribution in [2.75, 3.05) is 29.8 Å². The van der Waals surface area contributed by atoms with Crippen molar-refractivity contribution in [3.05, 3.63) is 88.9 Å². The molecule has 0 bridgehead atoms. The summed E-state index contributed by atoms with van der Waals surface area (Å²) in [5, 5.41) is 3.76. The van der Waals surface area contributed by atoms with E-state index in [1.165, 1.54) is 11.8 Å². The van der Waals surface area contributed by atoms with Crippen molar-refractivity contribution in [3.8, 4) is 11.5 Å². The van der Waals surface area contributed by atoms with Gasteiger partial charge in [0.25, 0.3) is 0 Å². The minimum atomic E-state index is -3.90. The fraction of sp³-hybridized carbons (Fsp3) is 0.412. The van der Waals surface area contributed by atoms with E-state index in [4.69, 9.17) is 21.1 Å². The first-order valence-electron chi connectivity index (χ1n) is 15.5. The van der Waals surface area contributed by atoms with Crippen LogP contribution in [0.15, 0.2) is 72.8 Å². The maximum atomic E-state index is 14.4. The number of anilines is 1. The van der Waals surface area contributed by atoms with E-state index in [1.54, 1.807) is 30.3 Å². The molecule has 1 fully saturated rings. The number of carbonyl (C=O) groups is 2. The standard InChI is InChI=1S/C34H40ClN3O6S/c1-2-45(41,42)38(29-17-18-31-32(22-29)44-20-19-43-31)24-33(39)37(23-26-13-15-27(35)16-14-26)30(21-25-9-5-3-6-10-25)34(40)36-28-11-7-4-8-12-28/h3,5-6,9-10,13-18,22,28,30H,2,4,7-8,11-12,19-21,23-24H2,1H3,(H,36,40). The van der Waals surface area contributed by atoms with Crippen LogP contribution in [0.1, 0.15) is 50.2 Å². The minimum Gasteiger partial charge on any atom is -0.486 e. The number of halogens is 1. The first-order valence-corrected chi connectivity index (χ1v) is 17.5. The minimum absolute atomic E-state index is 0.0340. The molecule has 0 aromatic heterocycles. The molecule has 0 saturated heterocycles. The van der Waals surface area contributed by atoms with Crippen LogP contribution in [0.4, 0.5) is 5.69 Å². The average Bonchev–Trinajstić information content (AvgIpc) is 3.06. The molecule has 1 aliphatic carbocycles. The lowest BCUT2D eigenvalue weighted by molar-refractivity contribution is -0.140. The molecule has 1 saturated carbocycles.